The van der Waals surface area contributed by atoms with Crippen LogP contribution in [-0.4, -0.2) is 24.2 Å². The van der Waals surface area contributed by atoms with Crippen molar-refractivity contribution in [3.63, 3.8) is 0 Å². The first-order valence-electron chi connectivity index (χ1n) is 10.6. The quantitative estimate of drug-likeness (QED) is 0.543. The molecule has 0 aromatic heterocycles. The van der Waals surface area contributed by atoms with Crippen molar-refractivity contribution in [2.24, 2.45) is 17.8 Å². The van der Waals surface area contributed by atoms with Crippen molar-refractivity contribution in [1.29, 1.82) is 0 Å². The summed E-state index contributed by atoms with van der Waals surface area (Å²) in [6, 6.07) is 12.4. The third kappa shape index (κ3) is 3.76. The lowest BCUT2D eigenvalue weighted by molar-refractivity contribution is -0.122. The van der Waals surface area contributed by atoms with Gasteiger partial charge in [0.1, 0.15) is 5.75 Å². The zero-order valence-corrected chi connectivity index (χ0v) is 17.7. The highest BCUT2D eigenvalue weighted by Gasteiger charge is 2.49. The van der Waals surface area contributed by atoms with Gasteiger partial charge in [-0.3, -0.25) is 19.3 Å². The summed E-state index contributed by atoms with van der Waals surface area (Å²) in [5.41, 5.74) is 3.41. The second kappa shape index (κ2) is 8.05. The molecule has 0 N–H and O–H groups in total. The molecule has 2 amide bonds. The summed E-state index contributed by atoms with van der Waals surface area (Å²) in [6.45, 7) is 6.06. The molecule has 1 aliphatic heterocycles. The van der Waals surface area contributed by atoms with Gasteiger partial charge in [0.25, 0.3) is 0 Å². The number of carbonyl (C=O) groups is 3. The predicted molar refractivity (Wildman–Crippen MR) is 115 cm³/mol. The SMILES string of the molecule is Cc1ccc(C(=O)COc2ccc(N3C(=O)C4CCC(C)CC4C3=O)cc2)cc1C. The Hall–Kier alpha value is -2.95. The molecule has 156 valence electrons. The Bertz CT molecular complexity index is 995. The summed E-state index contributed by atoms with van der Waals surface area (Å²) in [6.07, 6.45) is 2.57. The van der Waals surface area contributed by atoms with Crippen LogP contribution in [0.1, 0.15) is 47.7 Å². The number of fused-ring (bicyclic) bond motifs is 1. The van der Waals surface area contributed by atoms with Crippen LogP contribution in [0.25, 0.3) is 0 Å². The molecule has 4 rings (SSSR count). The van der Waals surface area contributed by atoms with Crippen LogP contribution in [0.4, 0.5) is 5.69 Å². The minimum Gasteiger partial charge on any atom is -0.485 e. The third-order valence-corrected chi connectivity index (χ3v) is 6.48. The topological polar surface area (TPSA) is 63.7 Å². The second-order valence-electron chi connectivity index (χ2n) is 8.65. The summed E-state index contributed by atoms with van der Waals surface area (Å²) >= 11 is 0. The van der Waals surface area contributed by atoms with E-state index < -0.39 is 0 Å². The number of rotatable bonds is 5. The van der Waals surface area contributed by atoms with Gasteiger partial charge in [0.2, 0.25) is 11.8 Å². The highest BCUT2D eigenvalue weighted by atomic mass is 16.5. The smallest absolute Gasteiger partial charge is 0.237 e. The standard InChI is InChI=1S/C25H27NO4/c1-15-4-11-21-22(12-15)25(29)26(24(21)28)19-7-9-20(10-8-19)30-14-23(27)18-6-5-16(2)17(3)13-18/h5-10,13,15,21-22H,4,11-12,14H2,1-3H3. The number of hydrogen-bond donors (Lipinski definition) is 0. The highest BCUT2D eigenvalue weighted by Crippen LogP contribution is 2.42. The maximum Gasteiger partial charge on any atom is 0.237 e. The first-order chi connectivity index (χ1) is 14.3. The fourth-order valence-electron chi connectivity index (χ4n) is 4.48. The summed E-state index contributed by atoms with van der Waals surface area (Å²) in [5, 5.41) is 0. The van der Waals surface area contributed by atoms with Crippen LogP contribution < -0.4 is 9.64 Å². The number of anilines is 1. The molecule has 1 saturated heterocycles. The van der Waals surface area contributed by atoms with Crippen LogP contribution in [0.5, 0.6) is 5.75 Å². The van der Waals surface area contributed by atoms with Gasteiger partial charge >= 0.3 is 0 Å². The maximum atomic E-state index is 12.8. The van der Waals surface area contributed by atoms with Crippen LogP contribution in [-0.2, 0) is 9.59 Å². The van der Waals surface area contributed by atoms with Gasteiger partial charge < -0.3 is 4.74 Å². The molecule has 3 unspecified atom stereocenters. The normalized spacial score (nSPS) is 23.4. The van der Waals surface area contributed by atoms with E-state index in [1.54, 1.807) is 24.3 Å². The van der Waals surface area contributed by atoms with E-state index in [0.29, 0.717) is 22.9 Å². The molecule has 0 spiro atoms. The Balaban J connectivity index is 1.42. The molecule has 2 aliphatic rings. The Kier molecular flexibility index (Phi) is 5.46. The van der Waals surface area contributed by atoms with Crippen LogP contribution in [0, 0.1) is 31.6 Å². The van der Waals surface area contributed by atoms with Crippen LogP contribution in [0.3, 0.4) is 0 Å². The van der Waals surface area contributed by atoms with Gasteiger partial charge in [-0.05, 0) is 80.5 Å². The van der Waals surface area contributed by atoms with E-state index in [1.807, 2.05) is 32.0 Å². The van der Waals surface area contributed by atoms with Crippen LogP contribution in [0.15, 0.2) is 42.5 Å². The number of benzene rings is 2. The Labute approximate surface area is 177 Å². The highest BCUT2D eigenvalue weighted by molar-refractivity contribution is 6.22. The van der Waals surface area contributed by atoms with E-state index in [0.717, 1.165) is 30.4 Å². The minimum absolute atomic E-state index is 0.0640. The second-order valence-corrected chi connectivity index (χ2v) is 8.65. The van der Waals surface area contributed by atoms with E-state index in [1.165, 1.54) is 4.90 Å². The molecular formula is C25H27NO4. The number of hydrogen-bond acceptors (Lipinski definition) is 4. The van der Waals surface area contributed by atoms with E-state index >= 15 is 0 Å². The molecule has 3 atom stereocenters. The van der Waals surface area contributed by atoms with Crippen molar-refractivity contribution in [3.8, 4) is 5.75 Å². The van der Waals surface area contributed by atoms with Gasteiger partial charge in [0.15, 0.2) is 12.4 Å². The van der Waals surface area contributed by atoms with Crippen molar-refractivity contribution in [2.45, 2.75) is 40.0 Å². The molecule has 2 fully saturated rings. The van der Waals surface area contributed by atoms with Crippen molar-refractivity contribution in [3.05, 3.63) is 59.2 Å². The molecule has 5 heteroatoms. The fourth-order valence-corrected chi connectivity index (χ4v) is 4.48. The Morgan fingerprint density at radius 3 is 2.37 bits per heavy atom. The van der Waals surface area contributed by atoms with Gasteiger partial charge in [0.05, 0.1) is 17.5 Å². The zero-order chi connectivity index (χ0) is 21.4. The molecule has 1 heterocycles. The zero-order valence-electron chi connectivity index (χ0n) is 17.7. The van der Waals surface area contributed by atoms with Gasteiger partial charge in [-0.25, -0.2) is 0 Å². The Morgan fingerprint density at radius 2 is 1.67 bits per heavy atom. The van der Waals surface area contributed by atoms with Crippen molar-refractivity contribution in [2.75, 3.05) is 11.5 Å². The van der Waals surface area contributed by atoms with E-state index in [4.69, 9.17) is 4.74 Å². The number of carbonyl (C=O) groups excluding carboxylic acids is 3. The molecule has 2 aromatic carbocycles. The van der Waals surface area contributed by atoms with E-state index in [9.17, 15) is 14.4 Å². The lowest BCUT2D eigenvalue weighted by Gasteiger charge is -2.25. The molecule has 0 radical (unpaired) electrons. The number of ketones is 1. The summed E-state index contributed by atoms with van der Waals surface area (Å²) < 4.78 is 5.63. The van der Waals surface area contributed by atoms with Crippen LogP contribution >= 0.6 is 0 Å². The van der Waals surface area contributed by atoms with Crippen LogP contribution in [0.2, 0.25) is 0 Å². The van der Waals surface area contributed by atoms with Gasteiger partial charge in [-0.2, -0.15) is 0 Å². The van der Waals surface area contributed by atoms with Gasteiger partial charge in [-0.15, -0.1) is 0 Å². The number of nitrogens with zero attached hydrogens (tertiary/aromatic N) is 1. The maximum absolute atomic E-state index is 12.8. The predicted octanol–water partition coefficient (Wildman–Crippen LogP) is 4.49. The van der Waals surface area contributed by atoms with Crippen molar-refractivity contribution in [1.82, 2.24) is 0 Å². The molecule has 30 heavy (non-hydrogen) atoms. The first kappa shape index (κ1) is 20.3. The number of Topliss-reactive ketones (excluding diaryl/α,β-unsaturated/α-hetero) is 1. The summed E-state index contributed by atoms with van der Waals surface area (Å²) in [7, 11) is 0. The minimum atomic E-state index is -0.187. The molecule has 1 saturated carbocycles. The number of imide groups is 1. The average Bonchev–Trinajstić information content (AvgIpc) is 2.98. The van der Waals surface area contributed by atoms with Gasteiger partial charge in [0, 0.05) is 5.56 Å². The third-order valence-electron chi connectivity index (χ3n) is 6.48. The van der Waals surface area contributed by atoms with Crippen molar-refractivity contribution < 1.29 is 19.1 Å². The lowest BCUT2D eigenvalue weighted by atomic mass is 9.76. The molecular weight excluding hydrogens is 378 g/mol. The van der Waals surface area contributed by atoms with Gasteiger partial charge in [-0.1, -0.05) is 19.1 Å². The summed E-state index contributed by atoms with van der Waals surface area (Å²) in [5.74, 6) is 0.374. The number of ether oxygens (including phenoxy) is 1. The lowest BCUT2D eigenvalue weighted by Crippen LogP contribution is -2.30. The average molecular weight is 405 g/mol. The largest absolute Gasteiger partial charge is 0.485 e. The Morgan fingerprint density at radius 1 is 0.967 bits per heavy atom. The van der Waals surface area contributed by atoms with E-state index in [-0.39, 0.29) is 36.0 Å². The first-order valence-corrected chi connectivity index (χ1v) is 10.6. The monoisotopic (exact) mass is 405 g/mol. The summed E-state index contributed by atoms with van der Waals surface area (Å²) in [4.78, 5) is 39.4. The molecule has 2 aromatic rings. The number of amides is 2. The molecule has 0 bridgehead atoms. The van der Waals surface area contributed by atoms with Crippen molar-refractivity contribution >= 4 is 23.3 Å². The van der Waals surface area contributed by atoms with E-state index in [2.05, 4.69) is 6.92 Å². The molecule has 5 nitrogen and oxygen atoms in total. The molecule has 1 aliphatic carbocycles. The fraction of sp³-hybridized carbons (Fsp3) is 0.400. The number of aryl methyl sites for hydroxylation is 2.